The minimum atomic E-state index is -0.491. The molecule has 2 aromatic carbocycles. The van der Waals surface area contributed by atoms with Gasteiger partial charge in [-0.15, -0.1) is 0 Å². The van der Waals surface area contributed by atoms with Gasteiger partial charge in [0.05, 0.1) is 18.3 Å². The van der Waals surface area contributed by atoms with Crippen molar-refractivity contribution in [2.45, 2.75) is 31.3 Å². The van der Waals surface area contributed by atoms with E-state index in [1.807, 2.05) is 24.4 Å². The van der Waals surface area contributed by atoms with Crippen molar-refractivity contribution in [1.82, 2.24) is 19.8 Å². The van der Waals surface area contributed by atoms with E-state index >= 15 is 0 Å². The first kappa shape index (κ1) is 21.5. The topological polar surface area (TPSA) is 82.6 Å². The van der Waals surface area contributed by atoms with Gasteiger partial charge in [-0.05, 0) is 67.8 Å². The smallest absolute Gasteiger partial charge is 0.247 e. The molecule has 0 saturated heterocycles. The van der Waals surface area contributed by atoms with Crippen molar-refractivity contribution in [1.29, 1.82) is 0 Å². The minimum absolute atomic E-state index is 0.109. The molecular formula is C25H30N6O2. The summed E-state index contributed by atoms with van der Waals surface area (Å²) in [7, 11) is 7.41. The summed E-state index contributed by atoms with van der Waals surface area (Å²) in [5.41, 5.74) is 4.67. The van der Waals surface area contributed by atoms with Crippen LogP contribution in [0.15, 0.2) is 36.5 Å². The van der Waals surface area contributed by atoms with Crippen molar-refractivity contribution in [3.8, 4) is 5.75 Å². The Kier molecular flexibility index (Phi) is 5.32. The molecule has 1 aromatic heterocycles. The molecule has 1 aliphatic carbocycles. The van der Waals surface area contributed by atoms with Gasteiger partial charge in [-0.3, -0.25) is 4.79 Å². The van der Waals surface area contributed by atoms with Crippen LogP contribution in [-0.2, 0) is 17.8 Å². The molecule has 3 aromatic rings. The lowest BCUT2D eigenvalue weighted by atomic mass is 9.99. The van der Waals surface area contributed by atoms with Gasteiger partial charge in [0.25, 0.3) is 0 Å². The Hall–Kier alpha value is -3.39. The van der Waals surface area contributed by atoms with E-state index in [-0.39, 0.29) is 5.91 Å². The van der Waals surface area contributed by atoms with Crippen molar-refractivity contribution in [3.63, 3.8) is 0 Å². The quantitative estimate of drug-likeness (QED) is 0.600. The molecule has 0 radical (unpaired) electrons. The van der Waals surface area contributed by atoms with Crippen molar-refractivity contribution >= 4 is 34.1 Å². The highest BCUT2D eigenvalue weighted by Crippen LogP contribution is 2.40. The highest BCUT2D eigenvalue weighted by molar-refractivity contribution is 5.93. The minimum Gasteiger partial charge on any atom is -0.495 e. The van der Waals surface area contributed by atoms with Gasteiger partial charge in [-0.25, -0.2) is 9.97 Å². The highest BCUT2D eigenvalue weighted by atomic mass is 16.5. The molecule has 33 heavy (non-hydrogen) atoms. The normalized spacial score (nSPS) is 16.7. The van der Waals surface area contributed by atoms with Crippen LogP contribution in [0.5, 0.6) is 5.75 Å². The summed E-state index contributed by atoms with van der Waals surface area (Å²) < 4.78 is 5.64. The average molecular weight is 447 g/mol. The molecule has 8 nitrogen and oxygen atoms in total. The monoisotopic (exact) mass is 446 g/mol. The van der Waals surface area contributed by atoms with Gasteiger partial charge in [0.15, 0.2) is 0 Å². The zero-order valence-electron chi connectivity index (χ0n) is 19.6. The molecule has 1 saturated carbocycles. The number of methoxy groups -OCH3 is 1. The number of rotatable bonds is 6. The van der Waals surface area contributed by atoms with E-state index in [0.29, 0.717) is 5.95 Å². The van der Waals surface area contributed by atoms with Crippen LogP contribution in [0.2, 0.25) is 0 Å². The molecule has 8 heteroatoms. The summed E-state index contributed by atoms with van der Waals surface area (Å²) >= 11 is 0. The number of fused-ring (bicyclic) bond motifs is 2. The van der Waals surface area contributed by atoms with Crippen LogP contribution in [0, 0.1) is 0 Å². The summed E-state index contributed by atoms with van der Waals surface area (Å²) in [6.45, 7) is 1.96. The zero-order chi connectivity index (χ0) is 23.2. The Morgan fingerprint density at radius 1 is 1.18 bits per heavy atom. The van der Waals surface area contributed by atoms with E-state index in [1.54, 1.807) is 26.1 Å². The second-order valence-electron chi connectivity index (χ2n) is 9.31. The number of hydrogen-bond acceptors (Lipinski definition) is 7. The predicted molar refractivity (Wildman–Crippen MR) is 130 cm³/mol. The molecular weight excluding hydrogens is 416 g/mol. The van der Waals surface area contributed by atoms with Gasteiger partial charge >= 0.3 is 0 Å². The lowest BCUT2D eigenvalue weighted by molar-refractivity contribution is -0.130. The van der Waals surface area contributed by atoms with Crippen LogP contribution in [-0.4, -0.2) is 66.0 Å². The summed E-state index contributed by atoms with van der Waals surface area (Å²) in [5, 5.41) is 7.72. The Morgan fingerprint density at radius 3 is 2.73 bits per heavy atom. The molecule has 2 heterocycles. The number of benzene rings is 2. The average Bonchev–Trinajstić information content (AvgIpc) is 3.58. The lowest BCUT2D eigenvalue weighted by Gasteiger charge is -2.26. The molecule has 172 valence electrons. The SMILES string of the molecule is COc1cc2c(cc1Nc1ncc3ccc(NC4(C(=O)N(C)C)CC4)cc3n1)CN(C)CC2. The van der Waals surface area contributed by atoms with Gasteiger partial charge in [0.2, 0.25) is 11.9 Å². The summed E-state index contributed by atoms with van der Waals surface area (Å²) in [4.78, 5) is 25.8. The molecule has 1 fully saturated rings. The maximum atomic E-state index is 12.5. The van der Waals surface area contributed by atoms with E-state index < -0.39 is 5.54 Å². The van der Waals surface area contributed by atoms with Gasteiger partial charge in [-0.2, -0.15) is 0 Å². The first-order valence-corrected chi connectivity index (χ1v) is 11.3. The van der Waals surface area contributed by atoms with E-state index in [4.69, 9.17) is 9.72 Å². The molecule has 0 unspecified atom stereocenters. The summed E-state index contributed by atoms with van der Waals surface area (Å²) in [6, 6.07) is 10.2. The second-order valence-corrected chi connectivity index (χ2v) is 9.31. The van der Waals surface area contributed by atoms with E-state index in [9.17, 15) is 4.79 Å². The number of anilines is 3. The molecule has 1 amide bonds. The third kappa shape index (κ3) is 4.18. The first-order chi connectivity index (χ1) is 15.9. The van der Waals surface area contributed by atoms with E-state index in [2.05, 4.69) is 39.7 Å². The number of nitrogens with zero attached hydrogens (tertiary/aromatic N) is 4. The zero-order valence-corrected chi connectivity index (χ0v) is 19.6. The summed E-state index contributed by atoms with van der Waals surface area (Å²) in [6.07, 6.45) is 4.51. The van der Waals surface area contributed by atoms with E-state index in [1.165, 1.54) is 11.1 Å². The number of amides is 1. The Balaban J connectivity index is 1.42. The maximum Gasteiger partial charge on any atom is 0.247 e. The number of likely N-dealkylation sites (N-methyl/N-ethyl adjacent to an activating group) is 2. The van der Waals surface area contributed by atoms with Gasteiger partial charge in [0.1, 0.15) is 11.3 Å². The third-order valence-corrected chi connectivity index (χ3v) is 6.50. The van der Waals surface area contributed by atoms with Crippen LogP contribution < -0.4 is 15.4 Å². The van der Waals surface area contributed by atoms with Crippen LogP contribution >= 0.6 is 0 Å². The number of carbonyl (C=O) groups is 1. The number of aromatic nitrogens is 2. The van der Waals surface area contributed by atoms with Crippen molar-refractivity contribution in [2.75, 3.05) is 45.4 Å². The third-order valence-electron chi connectivity index (χ3n) is 6.50. The van der Waals surface area contributed by atoms with Crippen LogP contribution in [0.25, 0.3) is 10.9 Å². The van der Waals surface area contributed by atoms with Gasteiger partial charge < -0.3 is 25.2 Å². The molecule has 2 aliphatic rings. The van der Waals surface area contributed by atoms with Crippen molar-refractivity contribution < 1.29 is 9.53 Å². The Morgan fingerprint density at radius 2 is 2.00 bits per heavy atom. The van der Waals surface area contributed by atoms with Crippen molar-refractivity contribution in [2.24, 2.45) is 0 Å². The lowest BCUT2D eigenvalue weighted by Crippen LogP contribution is -2.40. The van der Waals surface area contributed by atoms with Crippen LogP contribution in [0.4, 0.5) is 17.3 Å². The first-order valence-electron chi connectivity index (χ1n) is 11.3. The number of ether oxygens (including phenoxy) is 1. The largest absolute Gasteiger partial charge is 0.495 e. The fraction of sp³-hybridized carbons (Fsp3) is 0.400. The Labute approximate surface area is 194 Å². The van der Waals surface area contributed by atoms with Crippen LogP contribution in [0.1, 0.15) is 24.0 Å². The number of hydrogen-bond donors (Lipinski definition) is 2. The molecule has 5 rings (SSSR count). The highest BCUT2D eigenvalue weighted by Gasteiger charge is 2.50. The fourth-order valence-electron chi connectivity index (χ4n) is 4.50. The predicted octanol–water partition coefficient (Wildman–Crippen LogP) is 3.40. The van der Waals surface area contributed by atoms with Gasteiger partial charge in [0, 0.05) is 44.5 Å². The number of carbonyl (C=O) groups excluding carboxylic acids is 1. The standard InChI is InChI=1S/C25H30N6O2/c1-30(2)23(32)25(8-9-25)29-19-6-5-17-14-26-24(27-20(17)13-19)28-21-11-18-15-31(3)10-7-16(18)12-22(21)33-4/h5-6,11-14,29H,7-10,15H2,1-4H3,(H,26,27,28). The molecule has 1 aliphatic heterocycles. The summed E-state index contributed by atoms with van der Waals surface area (Å²) in [5.74, 6) is 1.40. The fourth-order valence-corrected chi connectivity index (χ4v) is 4.50. The number of nitrogens with one attached hydrogen (secondary N) is 2. The van der Waals surface area contributed by atoms with Gasteiger partial charge in [-0.1, -0.05) is 0 Å². The molecule has 2 N–H and O–H groups in total. The molecule has 0 spiro atoms. The second kappa shape index (κ2) is 8.19. The molecule has 0 bridgehead atoms. The van der Waals surface area contributed by atoms with E-state index in [0.717, 1.165) is 60.4 Å². The van der Waals surface area contributed by atoms with Crippen molar-refractivity contribution in [3.05, 3.63) is 47.7 Å². The molecule has 0 atom stereocenters. The Bertz CT molecular complexity index is 1220. The van der Waals surface area contributed by atoms with Crippen LogP contribution in [0.3, 0.4) is 0 Å². The maximum absolute atomic E-state index is 12.5.